The third-order valence-corrected chi connectivity index (χ3v) is 5.50. The molecule has 0 aromatic carbocycles. The van der Waals surface area contributed by atoms with Crippen molar-refractivity contribution in [3.63, 3.8) is 0 Å². The van der Waals surface area contributed by atoms with Gasteiger partial charge in [0.05, 0.1) is 11.7 Å². The summed E-state index contributed by atoms with van der Waals surface area (Å²) in [5.74, 6) is -1.31. The van der Waals surface area contributed by atoms with Gasteiger partial charge in [-0.15, -0.1) is 0 Å². The van der Waals surface area contributed by atoms with Gasteiger partial charge < -0.3 is 34.6 Å². The van der Waals surface area contributed by atoms with Crippen molar-refractivity contribution in [1.29, 1.82) is 0 Å². The number of ether oxygens (including phenoxy) is 4. The van der Waals surface area contributed by atoms with E-state index in [1.165, 1.54) is 33.2 Å². The topological polar surface area (TPSA) is 173 Å². The number of aliphatic imine (C=N–C) groups is 1. The number of nitrogen functional groups attached to an aromatic ring is 1. The highest BCUT2D eigenvalue weighted by molar-refractivity contribution is 6.10. The molecule has 2 aromatic rings. The van der Waals surface area contributed by atoms with Crippen LogP contribution in [0.1, 0.15) is 33.9 Å². The first-order valence-corrected chi connectivity index (χ1v) is 10.3. The Morgan fingerprint density at radius 2 is 1.97 bits per heavy atom. The molecule has 0 radical (unpaired) electrons. The standard InChI is InChI=1S/C21H23N5O8/c1-9(27)31-7-14-17(32-10(2)28)21(4,34-11(3)29)20(33-14)26-6-12-13(22)5-15(30)25-18-16(12)19(26)24-8-23-18/h5-6,8,14,17,20H,7,22H2,1-4H3,(H,23,24,25,30). The number of carbonyl (C=O) groups is 3. The Labute approximate surface area is 192 Å². The first kappa shape index (κ1) is 23.2. The summed E-state index contributed by atoms with van der Waals surface area (Å²) in [6.07, 6.45) is -0.247. The zero-order chi connectivity index (χ0) is 24.8. The van der Waals surface area contributed by atoms with E-state index >= 15 is 0 Å². The highest BCUT2D eigenvalue weighted by Crippen LogP contribution is 2.48. The van der Waals surface area contributed by atoms with Crippen molar-refractivity contribution in [3.05, 3.63) is 22.6 Å². The Morgan fingerprint density at radius 3 is 2.62 bits per heavy atom. The van der Waals surface area contributed by atoms with Crippen molar-refractivity contribution < 1.29 is 33.3 Å². The molecule has 2 aromatic heterocycles. The summed E-state index contributed by atoms with van der Waals surface area (Å²) in [7, 11) is 0. The second kappa shape index (κ2) is 8.41. The molecule has 2 aliphatic rings. The molecule has 4 unspecified atom stereocenters. The van der Waals surface area contributed by atoms with Gasteiger partial charge >= 0.3 is 17.9 Å². The largest absolute Gasteiger partial charge is 0.463 e. The third-order valence-electron chi connectivity index (χ3n) is 5.50. The molecule has 4 heterocycles. The Bertz CT molecular complexity index is 1290. The van der Waals surface area contributed by atoms with Crippen LogP contribution < -0.4 is 16.6 Å². The zero-order valence-electron chi connectivity index (χ0n) is 18.9. The lowest BCUT2D eigenvalue weighted by molar-refractivity contribution is -0.184. The SMILES string of the molecule is CC(=O)OCC1OC(n2cc3c(N)cc(=O)nc4c3c2N=CN4)C(C)(OC(C)=O)C1OC(C)=O. The second-order valence-electron chi connectivity index (χ2n) is 8.09. The molecule has 34 heavy (non-hydrogen) atoms. The van der Waals surface area contributed by atoms with Crippen LogP contribution in [0.4, 0.5) is 17.3 Å². The van der Waals surface area contributed by atoms with Gasteiger partial charge in [-0.3, -0.25) is 19.2 Å². The maximum absolute atomic E-state index is 12.1. The van der Waals surface area contributed by atoms with E-state index in [4.69, 9.17) is 24.7 Å². The lowest BCUT2D eigenvalue weighted by Crippen LogP contribution is -2.50. The van der Waals surface area contributed by atoms with Gasteiger partial charge in [0, 0.05) is 44.1 Å². The number of nitrogens with two attached hydrogens (primary N) is 1. The summed E-state index contributed by atoms with van der Waals surface area (Å²) in [6, 6.07) is 1.18. The minimum Gasteiger partial charge on any atom is -0.463 e. The van der Waals surface area contributed by atoms with Crippen LogP contribution in [0.5, 0.6) is 0 Å². The lowest BCUT2D eigenvalue weighted by Gasteiger charge is -2.34. The van der Waals surface area contributed by atoms with E-state index in [1.54, 1.807) is 17.7 Å². The molecule has 0 saturated carbocycles. The van der Waals surface area contributed by atoms with E-state index in [0.717, 1.165) is 0 Å². The van der Waals surface area contributed by atoms with E-state index in [2.05, 4.69) is 15.3 Å². The van der Waals surface area contributed by atoms with Gasteiger partial charge in [-0.05, 0) is 6.92 Å². The fourth-order valence-corrected chi connectivity index (χ4v) is 4.28. The second-order valence-corrected chi connectivity index (χ2v) is 8.09. The molecule has 0 spiro atoms. The number of carbonyl (C=O) groups excluding carboxylic acids is 3. The van der Waals surface area contributed by atoms with Crippen molar-refractivity contribution in [2.45, 2.75) is 51.7 Å². The van der Waals surface area contributed by atoms with E-state index in [-0.39, 0.29) is 18.1 Å². The Hall–Kier alpha value is -4.00. The number of anilines is 2. The van der Waals surface area contributed by atoms with Crippen LogP contribution in [0.2, 0.25) is 0 Å². The van der Waals surface area contributed by atoms with E-state index in [0.29, 0.717) is 16.6 Å². The molecule has 180 valence electrons. The Morgan fingerprint density at radius 1 is 1.24 bits per heavy atom. The van der Waals surface area contributed by atoms with Gasteiger partial charge in [0.15, 0.2) is 17.9 Å². The van der Waals surface area contributed by atoms with Gasteiger partial charge in [0.25, 0.3) is 5.56 Å². The number of hydrogen-bond donors (Lipinski definition) is 2. The summed E-state index contributed by atoms with van der Waals surface area (Å²) in [5.41, 5.74) is 4.19. The molecular weight excluding hydrogens is 450 g/mol. The molecule has 13 nitrogen and oxygen atoms in total. The van der Waals surface area contributed by atoms with Crippen molar-refractivity contribution in [2.75, 3.05) is 17.7 Å². The summed E-state index contributed by atoms with van der Waals surface area (Å²) < 4.78 is 24.0. The number of nitrogens with one attached hydrogen (secondary N) is 1. The van der Waals surface area contributed by atoms with Gasteiger partial charge in [0.2, 0.25) is 0 Å². The summed E-state index contributed by atoms with van der Waals surface area (Å²) in [5, 5.41) is 3.72. The maximum atomic E-state index is 12.1. The molecule has 0 aliphatic carbocycles. The normalized spacial score (nSPS) is 25.0. The monoisotopic (exact) mass is 473 g/mol. The molecule has 0 amide bonds. The minimum atomic E-state index is -1.55. The number of hydrogen-bond acceptors (Lipinski definition) is 12. The molecule has 2 aliphatic heterocycles. The number of rotatable bonds is 5. The van der Waals surface area contributed by atoms with Crippen molar-refractivity contribution in [3.8, 4) is 0 Å². The molecule has 1 fully saturated rings. The van der Waals surface area contributed by atoms with Crippen LogP contribution in [-0.2, 0) is 33.3 Å². The summed E-state index contributed by atoms with van der Waals surface area (Å²) in [6.45, 7) is 4.92. The molecule has 1 saturated heterocycles. The predicted molar refractivity (Wildman–Crippen MR) is 118 cm³/mol. The van der Waals surface area contributed by atoms with Gasteiger partial charge in [0.1, 0.15) is 24.3 Å². The Balaban J connectivity index is 1.91. The first-order chi connectivity index (χ1) is 16.0. The number of aromatic nitrogens is 2. The van der Waals surface area contributed by atoms with E-state index in [1.807, 2.05) is 0 Å². The van der Waals surface area contributed by atoms with Crippen molar-refractivity contribution in [1.82, 2.24) is 9.55 Å². The smallest absolute Gasteiger partial charge is 0.303 e. The molecule has 0 bridgehead atoms. The predicted octanol–water partition coefficient (Wildman–Crippen LogP) is 0.778. The molecule has 13 heteroatoms. The van der Waals surface area contributed by atoms with Crippen LogP contribution in [0.3, 0.4) is 0 Å². The fourth-order valence-electron chi connectivity index (χ4n) is 4.28. The zero-order valence-corrected chi connectivity index (χ0v) is 18.9. The molecule has 3 N–H and O–H groups in total. The lowest BCUT2D eigenvalue weighted by atomic mass is 9.95. The van der Waals surface area contributed by atoms with Crippen molar-refractivity contribution in [2.24, 2.45) is 4.99 Å². The minimum absolute atomic E-state index is 0.151. The fraction of sp³-hybridized carbons (Fsp3) is 0.429. The highest BCUT2D eigenvalue weighted by Gasteiger charge is 2.60. The van der Waals surface area contributed by atoms with E-state index in [9.17, 15) is 19.2 Å². The van der Waals surface area contributed by atoms with Crippen molar-refractivity contribution >= 4 is 52.3 Å². The van der Waals surface area contributed by atoms with Crippen LogP contribution in [0.25, 0.3) is 10.8 Å². The summed E-state index contributed by atoms with van der Waals surface area (Å²) in [4.78, 5) is 55.8. The van der Waals surface area contributed by atoms with Gasteiger partial charge in [-0.1, -0.05) is 0 Å². The third kappa shape index (κ3) is 3.94. The van der Waals surface area contributed by atoms with Crippen LogP contribution in [0.15, 0.2) is 22.1 Å². The highest BCUT2D eigenvalue weighted by atomic mass is 16.7. The van der Waals surface area contributed by atoms with Crippen LogP contribution in [0, 0.1) is 0 Å². The van der Waals surface area contributed by atoms with Crippen LogP contribution >= 0.6 is 0 Å². The molecule has 4 rings (SSSR count). The quantitative estimate of drug-likeness (QED) is 0.464. The van der Waals surface area contributed by atoms with Crippen LogP contribution in [-0.4, -0.2) is 58.2 Å². The molecular formula is C21H23N5O8. The van der Waals surface area contributed by atoms with E-state index < -0.39 is 47.5 Å². The van der Waals surface area contributed by atoms with Gasteiger partial charge in [-0.25, -0.2) is 4.99 Å². The average Bonchev–Trinajstić information content (AvgIpc) is 3.18. The summed E-state index contributed by atoms with van der Waals surface area (Å²) >= 11 is 0. The molecule has 4 atom stereocenters. The first-order valence-electron chi connectivity index (χ1n) is 10.3. The number of nitrogens with zero attached hydrogens (tertiary/aromatic N) is 3. The Kier molecular flexibility index (Phi) is 5.73. The maximum Gasteiger partial charge on any atom is 0.303 e. The van der Waals surface area contributed by atoms with Gasteiger partial charge in [-0.2, -0.15) is 4.98 Å². The average molecular weight is 473 g/mol. The number of esters is 3.